The molecule has 0 aliphatic carbocycles. The molecule has 0 aromatic heterocycles. The molecular formula is C11H11BrO. The summed E-state index contributed by atoms with van der Waals surface area (Å²) in [5, 5.41) is 0. The number of allylic oxidation sites excluding steroid dienone is 1. The van der Waals surface area contributed by atoms with Crippen LogP contribution in [0.1, 0.15) is 12.0 Å². The predicted octanol–water partition coefficient (Wildman–Crippen LogP) is 3.10. The normalized spacial score (nSPS) is 10.5. The zero-order valence-corrected chi connectivity index (χ0v) is 8.83. The number of hydrogen-bond donors (Lipinski definition) is 0. The maximum absolute atomic E-state index is 11.1. The van der Waals surface area contributed by atoms with E-state index in [-0.39, 0.29) is 5.78 Å². The van der Waals surface area contributed by atoms with Crippen LogP contribution in [0.4, 0.5) is 0 Å². The van der Waals surface area contributed by atoms with Gasteiger partial charge >= 0.3 is 0 Å². The average molecular weight is 239 g/mol. The van der Waals surface area contributed by atoms with Crippen LogP contribution in [0.15, 0.2) is 41.4 Å². The van der Waals surface area contributed by atoms with Crippen molar-refractivity contribution in [3.05, 3.63) is 47.0 Å². The molecule has 1 rings (SSSR count). The Hall–Kier alpha value is -0.890. The van der Waals surface area contributed by atoms with Crippen LogP contribution in [0.2, 0.25) is 0 Å². The molecular weight excluding hydrogens is 228 g/mol. The fourth-order valence-corrected chi connectivity index (χ4v) is 1.36. The van der Waals surface area contributed by atoms with Crippen LogP contribution < -0.4 is 0 Å². The van der Waals surface area contributed by atoms with Gasteiger partial charge in [-0.1, -0.05) is 46.3 Å². The van der Waals surface area contributed by atoms with E-state index in [1.165, 1.54) is 5.56 Å². The van der Waals surface area contributed by atoms with Crippen molar-refractivity contribution in [1.29, 1.82) is 0 Å². The lowest BCUT2D eigenvalue weighted by Crippen LogP contribution is -1.95. The molecule has 0 unspecified atom stereocenters. The predicted molar refractivity (Wildman–Crippen MR) is 57.8 cm³/mol. The molecule has 0 aliphatic rings. The lowest BCUT2D eigenvalue weighted by Gasteiger charge is -1.96. The first kappa shape index (κ1) is 10.2. The minimum absolute atomic E-state index is 0.153. The van der Waals surface area contributed by atoms with Crippen molar-refractivity contribution < 1.29 is 4.79 Å². The van der Waals surface area contributed by atoms with Crippen LogP contribution in [0.3, 0.4) is 0 Å². The summed E-state index contributed by atoms with van der Waals surface area (Å²) in [6.07, 6.45) is 2.94. The molecule has 0 aliphatic heterocycles. The van der Waals surface area contributed by atoms with E-state index < -0.39 is 0 Å². The Labute approximate surface area is 86.6 Å². The Balaban J connectivity index is 2.40. The van der Waals surface area contributed by atoms with Crippen molar-refractivity contribution in [3.8, 4) is 0 Å². The maximum atomic E-state index is 11.1. The number of aryl methyl sites for hydroxylation is 1. The topological polar surface area (TPSA) is 17.1 Å². The van der Waals surface area contributed by atoms with Gasteiger partial charge in [0.05, 0.1) is 0 Å². The first-order valence-corrected chi connectivity index (χ1v) is 5.08. The van der Waals surface area contributed by atoms with Crippen LogP contribution in [0.25, 0.3) is 0 Å². The fraction of sp³-hybridized carbons (Fsp3) is 0.182. The number of hydrogen-bond acceptors (Lipinski definition) is 1. The highest BCUT2D eigenvalue weighted by Crippen LogP contribution is 2.03. The van der Waals surface area contributed by atoms with Gasteiger partial charge in [-0.3, -0.25) is 4.79 Å². The lowest BCUT2D eigenvalue weighted by atomic mass is 10.1. The Morgan fingerprint density at radius 1 is 1.31 bits per heavy atom. The van der Waals surface area contributed by atoms with Crippen LogP contribution in [-0.2, 0) is 11.2 Å². The van der Waals surface area contributed by atoms with Crippen molar-refractivity contribution >= 4 is 21.7 Å². The molecule has 0 radical (unpaired) electrons. The molecule has 0 heterocycles. The van der Waals surface area contributed by atoms with E-state index in [0.717, 1.165) is 6.42 Å². The molecule has 2 heteroatoms. The number of carbonyl (C=O) groups excluding carboxylic acids is 1. The zero-order chi connectivity index (χ0) is 9.52. The third kappa shape index (κ3) is 4.04. The molecule has 0 bridgehead atoms. The van der Waals surface area contributed by atoms with E-state index in [2.05, 4.69) is 15.9 Å². The fourth-order valence-electron chi connectivity index (χ4n) is 1.07. The number of ketones is 1. The molecule has 1 aromatic carbocycles. The summed E-state index contributed by atoms with van der Waals surface area (Å²) in [6, 6.07) is 10.0. The number of carbonyl (C=O) groups is 1. The first-order chi connectivity index (χ1) is 6.33. The zero-order valence-electron chi connectivity index (χ0n) is 7.24. The van der Waals surface area contributed by atoms with E-state index in [9.17, 15) is 4.79 Å². The third-order valence-electron chi connectivity index (χ3n) is 1.75. The minimum Gasteiger partial charge on any atom is -0.295 e. The van der Waals surface area contributed by atoms with Gasteiger partial charge < -0.3 is 0 Å². The van der Waals surface area contributed by atoms with Crippen molar-refractivity contribution in [2.24, 2.45) is 0 Å². The first-order valence-electron chi connectivity index (χ1n) is 4.16. The van der Waals surface area contributed by atoms with Gasteiger partial charge in [0.2, 0.25) is 0 Å². The van der Waals surface area contributed by atoms with Crippen molar-refractivity contribution in [2.45, 2.75) is 12.8 Å². The standard InChI is InChI=1S/C11H11BrO/c12-9-8-11(13)7-6-10-4-2-1-3-5-10/h1-5,8-9H,6-7H2/b9-8+. The summed E-state index contributed by atoms with van der Waals surface area (Å²) < 4.78 is 0. The van der Waals surface area contributed by atoms with Crippen LogP contribution in [-0.4, -0.2) is 5.78 Å². The van der Waals surface area contributed by atoms with Gasteiger partial charge in [0.1, 0.15) is 0 Å². The van der Waals surface area contributed by atoms with E-state index in [1.54, 1.807) is 11.1 Å². The van der Waals surface area contributed by atoms with Gasteiger partial charge in [-0.05, 0) is 23.0 Å². The van der Waals surface area contributed by atoms with E-state index in [1.807, 2.05) is 30.3 Å². The Kier molecular flexibility index (Phi) is 4.47. The molecule has 0 saturated heterocycles. The summed E-state index contributed by atoms with van der Waals surface area (Å²) in [5.74, 6) is 0.153. The van der Waals surface area contributed by atoms with Crippen molar-refractivity contribution in [3.63, 3.8) is 0 Å². The summed E-state index contributed by atoms with van der Waals surface area (Å²) in [5.41, 5.74) is 1.21. The van der Waals surface area contributed by atoms with Gasteiger partial charge in [-0.25, -0.2) is 0 Å². The molecule has 0 fully saturated rings. The van der Waals surface area contributed by atoms with Gasteiger partial charge in [0.15, 0.2) is 5.78 Å². The number of benzene rings is 1. The molecule has 13 heavy (non-hydrogen) atoms. The second kappa shape index (κ2) is 5.70. The van der Waals surface area contributed by atoms with E-state index >= 15 is 0 Å². The second-order valence-electron chi connectivity index (χ2n) is 2.74. The summed E-state index contributed by atoms with van der Waals surface area (Å²) in [7, 11) is 0. The second-order valence-corrected chi connectivity index (χ2v) is 3.27. The lowest BCUT2D eigenvalue weighted by molar-refractivity contribution is -0.114. The summed E-state index contributed by atoms with van der Waals surface area (Å²) in [4.78, 5) is 12.7. The maximum Gasteiger partial charge on any atom is 0.156 e. The van der Waals surface area contributed by atoms with Gasteiger partial charge in [-0.15, -0.1) is 0 Å². The van der Waals surface area contributed by atoms with Crippen LogP contribution in [0.5, 0.6) is 0 Å². The highest BCUT2D eigenvalue weighted by atomic mass is 79.9. The van der Waals surface area contributed by atoms with Crippen molar-refractivity contribution in [1.82, 2.24) is 0 Å². The number of halogens is 1. The molecule has 1 aromatic rings. The SMILES string of the molecule is O=C(/C=C/Br)CCc1ccccc1. The summed E-state index contributed by atoms with van der Waals surface area (Å²) >= 11 is 3.07. The van der Waals surface area contributed by atoms with Crippen molar-refractivity contribution in [2.75, 3.05) is 0 Å². The van der Waals surface area contributed by atoms with E-state index in [0.29, 0.717) is 6.42 Å². The highest BCUT2D eigenvalue weighted by molar-refractivity contribution is 9.11. The molecule has 0 saturated carbocycles. The Bertz CT molecular complexity index is 290. The average Bonchev–Trinajstić information content (AvgIpc) is 2.17. The molecule has 1 nitrogen and oxygen atoms in total. The minimum atomic E-state index is 0.153. The molecule has 0 N–H and O–H groups in total. The largest absolute Gasteiger partial charge is 0.295 e. The van der Waals surface area contributed by atoms with E-state index in [4.69, 9.17) is 0 Å². The molecule has 68 valence electrons. The van der Waals surface area contributed by atoms with Gasteiger partial charge in [-0.2, -0.15) is 0 Å². The Morgan fingerprint density at radius 2 is 2.00 bits per heavy atom. The van der Waals surface area contributed by atoms with Gasteiger partial charge in [0, 0.05) is 6.42 Å². The molecule has 0 amide bonds. The number of rotatable bonds is 4. The van der Waals surface area contributed by atoms with Crippen LogP contribution >= 0.6 is 15.9 Å². The van der Waals surface area contributed by atoms with Crippen LogP contribution in [0, 0.1) is 0 Å². The van der Waals surface area contributed by atoms with Gasteiger partial charge in [0.25, 0.3) is 0 Å². The highest BCUT2D eigenvalue weighted by Gasteiger charge is 1.97. The molecule has 0 atom stereocenters. The third-order valence-corrected chi connectivity index (χ3v) is 2.02. The monoisotopic (exact) mass is 238 g/mol. The quantitative estimate of drug-likeness (QED) is 0.738. The Morgan fingerprint density at radius 3 is 2.62 bits per heavy atom. The molecule has 0 spiro atoms. The smallest absolute Gasteiger partial charge is 0.156 e. The summed E-state index contributed by atoms with van der Waals surface area (Å²) in [6.45, 7) is 0.